The second kappa shape index (κ2) is 5.94. The third-order valence-electron chi connectivity index (χ3n) is 2.60. The Balaban J connectivity index is 2.26. The molecule has 0 aliphatic rings. The Bertz CT molecular complexity index is 525. The van der Waals surface area contributed by atoms with Crippen LogP contribution in [-0.4, -0.2) is 11.1 Å². The molecule has 3 heteroatoms. The molecule has 2 nitrogen and oxygen atoms in total. The van der Waals surface area contributed by atoms with E-state index in [0.717, 1.165) is 16.2 Å². The summed E-state index contributed by atoms with van der Waals surface area (Å²) in [6.45, 7) is 2.00. The minimum atomic E-state index is 0.135. The third-order valence-corrected chi connectivity index (χ3v) is 3.78. The molecule has 1 atom stereocenters. The number of para-hydroxylation sites is 1. The summed E-state index contributed by atoms with van der Waals surface area (Å²) in [5.74, 6) is 0.318. The van der Waals surface area contributed by atoms with Crippen LogP contribution in [0.25, 0.3) is 0 Å². The van der Waals surface area contributed by atoms with Gasteiger partial charge in [-0.25, -0.2) is 0 Å². The van der Waals surface area contributed by atoms with Crippen molar-refractivity contribution in [3.05, 3.63) is 54.1 Å². The molecule has 0 aliphatic carbocycles. The molecular formula is C15H17NOS. The van der Waals surface area contributed by atoms with E-state index in [4.69, 9.17) is 5.73 Å². The summed E-state index contributed by atoms with van der Waals surface area (Å²) < 4.78 is 0. The molecule has 2 aromatic carbocycles. The van der Waals surface area contributed by atoms with Crippen molar-refractivity contribution in [1.29, 1.82) is 0 Å². The molecule has 0 fully saturated rings. The zero-order valence-electron chi connectivity index (χ0n) is 10.3. The maximum absolute atomic E-state index is 9.80. The summed E-state index contributed by atoms with van der Waals surface area (Å²) in [7, 11) is 0. The number of aromatic hydroxyl groups is 1. The van der Waals surface area contributed by atoms with Crippen LogP contribution in [0.15, 0.2) is 58.3 Å². The lowest BCUT2D eigenvalue weighted by Crippen LogP contribution is -2.18. The molecular weight excluding hydrogens is 242 g/mol. The molecule has 2 aromatic rings. The number of nitrogens with two attached hydrogens (primary N) is 1. The van der Waals surface area contributed by atoms with Crippen LogP contribution >= 0.6 is 11.8 Å². The largest absolute Gasteiger partial charge is 0.507 e. The van der Waals surface area contributed by atoms with Gasteiger partial charge >= 0.3 is 0 Å². The van der Waals surface area contributed by atoms with Crippen molar-refractivity contribution in [3.8, 4) is 5.75 Å². The van der Waals surface area contributed by atoms with Crippen molar-refractivity contribution in [1.82, 2.24) is 0 Å². The zero-order valence-corrected chi connectivity index (χ0v) is 11.2. The number of phenols is 1. The van der Waals surface area contributed by atoms with Crippen LogP contribution in [0.5, 0.6) is 5.75 Å². The fourth-order valence-corrected chi connectivity index (χ4v) is 2.77. The molecule has 0 bridgehead atoms. The molecule has 0 unspecified atom stereocenters. The molecule has 18 heavy (non-hydrogen) atoms. The molecule has 3 N–H and O–H groups in total. The zero-order chi connectivity index (χ0) is 13.0. The Hall–Kier alpha value is -1.45. The Kier molecular flexibility index (Phi) is 4.28. The van der Waals surface area contributed by atoms with Crippen LogP contribution in [0.1, 0.15) is 12.5 Å². The fourth-order valence-electron chi connectivity index (χ4n) is 1.78. The predicted octanol–water partition coefficient (Wildman–Crippen LogP) is 3.43. The number of benzene rings is 2. The van der Waals surface area contributed by atoms with E-state index in [2.05, 4.69) is 12.1 Å². The normalized spacial score (nSPS) is 12.3. The summed E-state index contributed by atoms with van der Waals surface area (Å²) in [6, 6.07) is 15.7. The van der Waals surface area contributed by atoms with Gasteiger partial charge in [0.15, 0.2) is 0 Å². The predicted molar refractivity (Wildman–Crippen MR) is 76.0 cm³/mol. The Morgan fingerprint density at radius 3 is 2.33 bits per heavy atom. The van der Waals surface area contributed by atoms with E-state index >= 15 is 0 Å². The van der Waals surface area contributed by atoms with Crippen molar-refractivity contribution in [2.24, 2.45) is 5.73 Å². The van der Waals surface area contributed by atoms with Gasteiger partial charge < -0.3 is 10.8 Å². The van der Waals surface area contributed by atoms with Crippen LogP contribution < -0.4 is 5.73 Å². The highest BCUT2D eigenvalue weighted by molar-refractivity contribution is 7.99. The molecule has 0 aromatic heterocycles. The summed E-state index contributed by atoms with van der Waals surface area (Å²) in [5.41, 5.74) is 7.08. The number of phenolic OH excluding ortho intramolecular Hbond substituents is 1. The van der Waals surface area contributed by atoms with Gasteiger partial charge in [-0.3, -0.25) is 0 Å². The molecule has 0 aliphatic heterocycles. The highest BCUT2D eigenvalue weighted by Crippen LogP contribution is 2.35. The minimum absolute atomic E-state index is 0.135. The van der Waals surface area contributed by atoms with Crippen LogP contribution in [-0.2, 0) is 6.42 Å². The van der Waals surface area contributed by atoms with Gasteiger partial charge in [0.25, 0.3) is 0 Å². The maximum atomic E-state index is 9.80. The van der Waals surface area contributed by atoms with E-state index in [0.29, 0.717) is 5.75 Å². The standard InChI is InChI=1S/C15H17NOS/c1-11(16)10-12-6-2-4-8-14(12)18-15-9-5-3-7-13(15)17/h2-9,11,17H,10,16H2,1H3/t11-/m1/s1. The van der Waals surface area contributed by atoms with E-state index in [1.165, 1.54) is 5.56 Å². The number of hydrogen-bond donors (Lipinski definition) is 2. The number of rotatable bonds is 4. The Morgan fingerprint density at radius 1 is 1.06 bits per heavy atom. The first kappa shape index (κ1) is 13.0. The summed E-state index contributed by atoms with van der Waals surface area (Å²) in [4.78, 5) is 2.02. The minimum Gasteiger partial charge on any atom is -0.507 e. The van der Waals surface area contributed by atoms with Gasteiger partial charge in [-0.05, 0) is 37.1 Å². The Labute approximate surface area is 112 Å². The van der Waals surface area contributed by atoms with E-state index in [9.17, 15) is 5.11 Å². The monoisotopic (exact) mass is 259 g/mol. The van der Waals surface area contributed by atoms with E-state index in [1.807, 2.05) is 37.3 Å². The van der Waals surface area contributed by atoms with Crippen molar-refractivity contribution in [2.45, 2.75) is 29.2 Å². The lowest BCUT2D eigenvalue weighted by Gasteiger charge is -2.11. The first-order valence-electron chi connectivity index (χ1n) is 5.96. The summed E-state index contributed by atoms with van der Waals surface area (Å²) in [6.07, 6.45) is 0.844. The fraction of sp³-hybridized carbons (Fsp3) is 0.200. The van der Waals surface area contributed by atoms with Gasteiger partial charge in [-0.15, -0.1) is 0 Å². The lowest BCUT2D eigenvalue weighted by atomic mass is 10.1. The van der Waals surface area contributed by atoms with Gasteiger partial charge in [-0.1, -0.05) is 42.1 Å². The van der Waals surface area contributed by atoms with E-state index in [1.54, 1.807) is 17.8 Å². The molecule has 2 rings (SSSR count). The highest BCUT2D eigenvalue weighted by atomic mass is 32.2. The van der Waals surface area contributed by atoms with Gasteiger partial charge in [-0.2, -0.15) is 0 Å². The van der Waals surface area contributed by atoms with Crippen molar-refractivity contribution < 1.29 is 5.11 Å². The first-order valence-corrected chi connectivity index (χ1v) is 6.78. The van der Waals surface area contributed by atoms with Gasteiger partial charge in [0.2, 0.25) is 0 Å². The third kappa shape index (κ3) is 3.28. The smallest absolute Gasteiger partial charge is 0.129 e. The lowest BCUT2D eigenvalue weighted by molar-refractivity contribution is 0.462. The average Bonchev–Trinajstić information content (AvgIpc) is 2.34. The summed E-state index contributed by atoms with van der Waals surface area (Å²) >= 11 is 1.58. The van der Waals surface area contributed by atoms with Crippen molar-refractivity contribution in [3.63, 3.8) is 0 Å². The van der Waals surface area contributed by atoms with Crippen LogP contribution in [0.3, 0.4) is 0 Å². The Morgan fingerprint density at radius 2 is 1.67 bits per heavy atom. The van der Waals surface area contributed by atoms with Gasteiger partial charge in [0.1, 0.15) is 5.75 Å². The van der Waals surface area contributed by atoms with Gasteiger partial charge in [0.05, 0.1) is 4.90 Å². The molecule has 0 amide bonds. The van der Waals surface area contributed by atoms with Gasteiger partial charge in [0, 0.05) is 10.9 Å². The van der Waals surface area contributed by atoms with E-state index < -0.39 is 0 Å². The van der Waals surface area contributed by atoms with Crippen LogP contribution in [0, 0.1) is 0 Å². The molecule has 94 valence electrons. The SMILES string of the molecule is C[C@@H](N)Cc1ccccc1Sc1ccccc1O. The maximum Gasteiger partial charge on any atom is 0.129 e. The second-order valence-electron chi connectivity index (χ2n) is 4.36. The highest BCUT2D eigenvalue weighted by Gasteiger charge is 2.08. The molecule has 0 saturated carbocycles. The summed E-state index contributed by atoms with van der Waals surface area (Å²) in [5, 5.41) is 9.80. The average molecular weight is 259 g/mol. The first-order chi connectivity index (χ1) is 8.66. The van der Waals surface area contributed by atoms with Crippen molar-refractivity contribution in [2.75, 3.05) is 0 Å². The quantitative estimate of drug-likeness (QED) is 0.884. The van der Waals surface area contributed by atoms with Crippen molar-refractivity contribution >= 4 is 11.8 Å². The van der Waals surface area contributed by atoms with Crippen LogP contribution in [0.2, 0.25) is 0 Å². The molecule has 0 radical (unpaired) electrons. The molecule has 0 saturated heterocycles. The van der Waals surface area contributed by atoms with Crippen LogP contribution in [0.4, 0.5) is 0 Å². The molecule has 0 heterocycles. The second-order valence-corrected chi connectivity index (χ2v) is 5.44. The number of hydrogen-bond acceptors (Lipinski definition) is 3. The molecule has 0 spiro atoms. The topological polar surface area (TPSA) is 46.2 Å². The van der Waals surface area contributed by atoms with E-state index in [-0.39, 0.29) is 6.04 Å².